The van der Waals surface area contributed by atoms with Crippen molar-refractivity contribution in [3.63, 3.8) is 0 Å². The van der Waals surface area contributed by atoms with E-state index in [0.29, 0.717) is 31.2 Å². The molecule has 1 aliphatic heterocycles. The number of ether oxygens (including phenoxy) is 4. The van der Waals surface area contributed by atoms with Crippen LogP contribution in [0.2, 0.25) is 0 Å². The van der Waals surface area contributed by atoms with Crippen molar-refractivity contribution >= 4 is 11.8 Å². The third-order valence-corrected chi connectivity index (χ3v) is 4.89. The van der Waals surface area contributed by atoms with Gasteiger partial charge in [0.15, 0.2) is 18.1 Å². The van der Waals surface area contributed by atoms with Crippen molar-refractivity contribution in [1.29, 1.82) is 0 Å². The van der Waals surface area contributed by atoms with Crippen molar-refractivity contribution in [3.05, 3.63) is 17.7 Å². The lowest BCUT2D eigenvalue weighted by atomic mass is 10.0. The van der Waals surface area contributed by atoms with Crippen LogP contribution in [-0.2, 0) is 9.53 Å². The Hall–Kier alpha value is -2.52. The van der Waals surface area contributed by atoms with Crippen molar-refractivity contribution in [1.82, 2.24) is 10.2 Å². The number of amides is 2. The molecule has 1 atom stereocenters. The van der Waals surface area contributed by atoms with Crippen LogP contribution in [0.4, 0.5) is 0 Å². The number of hydrogen-bond donors (Lipinski definition) is 2. The molecule has 1 fully saturated rings. The highest BCUT2D eigenvalue weighted by atomic mass is 16.5. The average molecular weight is 424 g/mol. The first-order valence-corrected chi connectivity index (χ1v) is 10.1. The molecule has 0 aliphatic carbocycles. The van der Waals surface area contributed by atoms with E-state index in [4.69, 9.17) is 24.7 Å². The zero-order valence-corrected chi connectivity index (χ0v) is 18.2. The number of benzene rings is 1. The molecule has 30 heavy (non-hydrogen) atoms. The van der Waals surface area contributed by atoms with Gasteiger partial charge in [-0.25, -0.2) is 0 Å². The average Bonchev–Trinajstić information content (AvgIpc) is 2.74. The molecule has 1 aliphatic rings. The minimum atomic E-state index is -0.625. The fourth-order valence-corrected chi connectivity index (χ4v) is 3.46. The van der Waals surface area contributed by atoms with Gasteiger partial charge in [-0.1, -0.05) is 13.8 Å². The van der Waals surface area contributed by atoms with Crippen molar-refractivity contribution < 1.29 is 28.5 Å². The summed E-state index contributed by atoms with van der Waals surface area (Å²) < 4.78 is 21.5. The first-order chi connectivity index (χ1) is 14.3. The maximum atomic E-state index is 12.9. The quantitative estimate of drug-likeness (QED) is 0.547. The summed E-state index contributed by atoms with van der Waals surface area (Å²) in [4.78, 5) is 26.3. The van der Waals surface area contributed by atoms with E-state index >= 15 is 0 Å². The predicted molar refractivity (Wildman–Crippen MR) is 112 cm³/mol. The SMILES string of the molecule is COc1cc(C(=O)NCC(CC(C)C)N2CCOCC2)cc(OC)c1OCC(N)=O. The van der Waals surface area contributed by atoms with Crippen molar-refractivity contribution in [2.75, 3.05) is 53.7 Å². The van der Waals surface area contributed by atoms with Gasteiger partial charge >= 0.3 is 0 Å². The summed E-state index contributed by atoms with van der Waals surface area (Å²) in [5, 5.41) is 3.03. The molecule has 0 spiro atoms. The lowest BCUT2D eigenvalue weighted by Crippen LogP contribution is -2.49. The van der Waals surface area contributed by atoms with Gasteiger partial charge in [0.2, 0.25) is 5.75 Å². The van der Waals surface area contributed by atoms with Gasteiger partial charge < -0.3 is 30.0 Å². The van der Waals surface area contributed by atoms with Crippen molar-refractivity contribution in [2.45, 2.75) is 26.3 Å². The Labute approximate surface area is 177 Å². The summed E-state index contributed by atoms with van der Waals surface area (Å²) in [5.41, 5.74) is 5.52. The fourth-order valence-electron chi connectivity index (χ4n) is 3.46. The molecule has 1 aromatic rings. The number of methoxy groups -OCH3 is 2. The molecular formula is C21H33N3O6. The lowest BCUT2D eigenvalue weighted by molar-refractivity contribution is -0.120. The topological polar surface area (TPSA) is 112 Å². The maximum absolute atomic E-state index is 12.9. The molecule has 1 aromatic carbocycles. The van der Waals surface area contributed by atoms with Crippen LogP contribution in [0.15, 0.2) is 12.1 Å². The van der Waals surface area contributed by atoms with Crippen LogP contribution in [0.5, 0.6) is 17.2 Å². The Morgan fingerprint density at radius 1 is 1.17 bits per heavy atom. The van der Waals surface area contributed by atoms with Crippen molar-refractivity contribution in [2.24, 2.45) is 11.7 Å². The second-order valence-electron chi connectivity index (χ2n) is 7.61. The fraction of sp³-hybridized carbons (Fsp3) is 0.619. The highest BCUT2D eigenvalue weighted by molar-refractivity contribution is 5.95. The zero-order valence-electron chi connectivity index (χ0n) is 18.2. The Kier molecular flexibility index (Phi) is 9.19. The van der Waals surface area contributed by atoms with Gasteiger partial charge in [-0.3, -0.25) is 14.5 Å². The minimum absolute atomic E-state index is 0.223. The summed E-state index contributed by atoms with van der Waals surface area (Å²) >= 11 is 0. The van der Waals surface area contributed by atoms with E-state index in [2.05, 4.69) is 24.1 Å². The molecule has 1 heterocycles. The molecule has 0 saturated carbocycles. The number of rotatable bonds is 11. The van der Waals surface area contributed by atoms with Crippen molar-refractivity contribution in [3.8, 4) is 17.2 Å². The highest BCUT2D eigenvalue weighted by Crippen LogP contribution is 2.38. The molecular weight excluding hydrogens is 390 g/mol. The largest absolute Gasteiger partial charge is 0.493 e. The number of primary amides is 1. The molecule has 2 amide bonds. The van der Waals surface area contributed by atoms with Crippen LogP contribution in [0.1, 0.15) is 30.6 Å². The second-order valence-corrected chi connectivity index (χ2v) is 7.61. The molecule has 2 rings (SSSR count). The van der Waals surface area contributed by atoms with E-state index in [1.165, 1.54) is 14.2 Å². The molecule has 168 valence electrons. The number of nitrogens with two attached hydrogens (primary N) is 1. The lowest BCUT2D eigenvalue weighted by Gasteiger charge is -2.35. The number of nitrogens with one attached hydrogen (secondary N) is 1. The first-order valence-electron chi connectivity index (χ1n) is 10.1. The number of nitrogens with zero attached hydrogens (tertiary/aromatic N) is 1. The number of carbonyl (C=O) groups excluding carboxylic acids is 2. The van der Waals surface area contributed by atoms with Crippen LogP contribution in [-0.4, -0.2) is 76.4 Å². The number of hydrogen-bond acceptors (Lipinski definition) is 7. The highest BCUT2D eigenvalue weighted by Gasteiger charge is 2.24. The smallest absolute Gasteiger partial charge is 0.255 e. The first kappa shape index (κ1) is 23.8. The summed E-state index contributed by atoms with van der Waals surface area (Å²) in [5.74, 6) is 0.439. The molecule has 9 nitrogen and oxygen atoms in total. The Bertz CT molecular complexity index is 694. The summed E-state index contributed by atoms with van der Waals surface area (Å²) in [7, 11) is 2.90. The normalized spacial score (nSPS) is 15.5. The Morgan fingerprint density at radius 2 is 1.77 bits per heavy atom. The summed E-state index contributed by atoms with van der Waals surface area (Å²) in [6, 6.07) is 3.35. The van der Waals surface area contributed by atoms with E-state index in [1.54, 1.807) is 12.1 Å². The van der Waals surface area contributed by atoms with E-state index in [9.17, 15) is 9.59 Å². The summed E-state index contributed by atoms with van der Waals surface area (Å²) in [6.45, 7) is 7.71. The van der Waals surface area contributed by atoms with Crippen LogP contribution >= 0.6 is 0 Å². The van der Waals surface area contributed by atoms with Gasteiger partial charge in [0, 0.05) is 31.2 Å². The molecule has 1 unspecified atom stereocenters. The minimum Gasteiger partial charge on any atom is -0.493 e. The van der Waals surface area contributed by atoms with Crippen LogP contribution in [0.3, 0.4) is 0 Å². The van der Waals surface area contributed by atoms with E-state index < -0.39 is 5.91 Å². The van der Waals surface area contributed by atoms with Gasteiger partial charge in [-0.05, 0) is 24.5 Å². The van der Waals surface area contributed by atoms with E-state index in [0.717, 1.165) is 19.5 Å². The predicted octanol–water partition coefficient (Wildman–Crippen LogP) is 1.04. The molecule has 0 bridgehead atoms. The second kappa shape index (κ2) is 11.6. The number of morpholine rings is 1. The monoisotopic (exact) mass is 423 g/mol. The Morgan fingerprint density at radius 3 is 2.27 bits per heavy atom. The van der Waals surface area contributed by atoms with Gasteiger partial charge in [-0.15, -0.1) is 0 Å². The van der Waals surface area contributed by atoms with Crippen LogP contribution in [0, 0.1) is 5.92 Å². The third-order valence-electron chi connectivity index (χ3n) is 4.89. The zero-order chi connectivity index (χ0) is 22.1. The Balaban J connectivity index is 2.13. The molecule has 0 radical (unpaired) electrons. The molecule has 0 aromatic heterocycles. The van der Waals surface area contributed by atoms with Gasteiger partial charge in [0.25, 0.3) is 11.8 Å². The van der Waals surface area contributed by atoms with Gasteiger partial charge in [0.05, 0.1) is 27.4 Å². The van der Waals surface area contributed by atoms with Crippen LogP contribution in [0.25, 0.3) is 0 Å². The molecule has 9 heteroatoms. The number of carbonyl (C=O) groups is 2. The standard InChI is InChI=1S/C21H33N3O6/c1-14(2)9-16(24-5-7-29-8-6-24)12-23-21(26)15-10-17(27-3)20(18(11-15)28-4)30-13-19(22)25/h10-11,14,16H,5-9,12-13H2,1-4H3,(H2,22,25)(H,23,26). The maximum Gasteiger partial charge on any atom is 0.255 e. The van der Waals surface area contributed by atoms with E-state index in [-0.39, 0.29) is 35.8 Å². The van der Waals surface area contributed by atoms with Crippen LogP contribution < -0.4 is 25.3 Å². The molecule has 1 saturated heterocycles. The van der Waals surface area contributed by atoms with Gasteiger partial charge in [0.1, 0.15) is 0 Å². The van der Waals surface area contributed by atoms with Gasteiger partial charge in [-0.2, -0.15) is 0 Å². The van der Waals surface area contributed by atoms with E-state index in [1.807, 2.05) is 0 Å². The summed E-state index contributed by atoms with van der Waals surface area (Å²) in [6.07, 6.45) is 0.979. The third kappa shape index (κ3) is 6.77. The molecule has 3 N–H and O–H groups in total.